The number of nitrogens with zero attached hydrogens (tertiary/aromatic N) is 2. The maximum atomic E-state index is 11.8. The predicted octanol–water partition coefficient (Wildman–Crippen LogP) is 2.54. The predicted molar refractivity (Wildman–Crippen MR) is 102 cm³/mol. The molecule has 0 radical (unpaired) electrons. The van der Waals surface area contributed by atoms with E-state index in [0.29, 0.717) is 16.9 Å². The number of hydrogen-bond acceptors (Lipinski definition) is 7. The van der Waals surface area contributed by atoms with Crippen molar-refractivity contribution in [3.05, 3.63) is 80.2 Å². The van der Waals surface area contributed by atoms with Crippen LogP contribution in [0.25, 0.3) is 11.0 Å². The number of carbonyl (C=O) groups is 1. The van der Waals surface area contributed by atoms with Gasteiger partial charge in [-0.3, -0.25) is 14.9 Å². The molecule has 0 saturated heterocycles. The lowest BCUT2D eigenvalue weighted by molar-refractivity contribution is -0.384. The van der Waals surface area contributed by atoms with Gasteiger partial charge in [0.05, 0.1) is 11.1 Å². The molecule has 1 amide bonds. The van der Waals surface area contributed by atoms with Crippen LogP contribution >= 0.6 is 0 Å². The molecule has 0 bridgehead atoms. The number of hydrogen-bond donors (Lipinski definition) is 1. The zero-order chi connectivity index (χ0) is 20.1. The van der Waals surface area contributed by atoms with Crippen LogP contribution in [0.4, 0.5) is 5.69 Å². The second kappa shape index (κ2) is 8.12. The molecule has 2 aromatic carbocycles. The average molecular weight is 381 g/mol. The molecule has 0 spiro atoms. The topological polar surface area (TPSA) is 124 Å². The number of ether oxygens (including phenoxy) is 1. The minimum atomic E-state index is -0.501. The van der Waals surface area contributed by atoms with Gasteiger partial charge in [-0.15, -0.1) is 0 Å². The molecule has 0 aliphatic rings. The molecular formula is C19H15N3O6. The van der Waals surface area contributed by atoms with E-state index in [1.54, 1.807) is 19.1 Å². The Morgan fingerprint density at radius 1 is 1.25 bits per heavy atom. The first kappa shape index (κ1) is 18.8. The molecule has 1 aromatic heterocycles. The summed E-state index contributed by atoms with van der Waals surface area (Å²) in [6.07, 6.45) is 1.36. The van der Waals surface area contributed by atoms with Crippen molar-refractivity contribution in [3.63, 3.8) is 0 Å². The smallest absolute Gasteiger partial charge is 0.336 e. The highest BCUT2D eigenvalue weighted by Crippen LogP contribution is 2.22. The van der Waals surface area contributed by atoms with Crippen LogP contribution < -0.4 is 15.8 Å². The number of aryl methyl sites for hydroxylation is 1. The summed E-state index contributed by atoms with van der Waals surface area (Å²) in [7, 11) is 0. The fourth-order valence-electron chi connectivity index (χ4n) is 2.44. The van der Waals surface area contributed by atoms with Gasteiger partial charge in [0.15, 0.2) is 6.61 Å². The molecule has 3 aromatic rings. The van der Waals surface area contributed by atoms with Crippen LogP contribution in [0, 0.1) is 17.0 Å². The molecule has 0 atom stereocenters. The first-order valence-electron chi connectivity index (χ1n) is 8.16. The largest absolute Gasteiger partial charge is 0.484 e. The summed E-state index contributed by atoms with van der Waals surface area (Å²) in [5, 5.41) is 15.1. The molecule has 3 rings (SSSR count). The summed E-state index contributed by atoms with van der Waals surface area (Å²) < 4.78 is 10.5. The molecule has 1 heterocycles. The fraction of sp³-hybridized carbons (Fsp3) is 0.105. The number of amides is 1. The van der Waals surface area contributed by atoms with E-state index in [4.69, 9.17) is 9.15 Å². The summed E-state index contributed by atoms with van der Waals surface area (Å²) in [5.41, 5.74) is 3.55. The standard InChI is InChI=1S/C19H15N3O6/c1-12-8-19(24)28-17-9-15(6-7-16(12)17)27-11-18(23)21-20-10-13-2-4-14(5-3-13)22(25)26/h2-10H,11H2,1H3,(H,21,23)/b20-10-. The van der Waals surface area contributed by atoms with Gasteiger partial charge in [-0.2, -0.15) is 5.10 Å². The number of benzene rings is 2. The Hall–Kier alpha value is -4.01. The van der Waals surface area contributed by atoms with Crippen LogP contribution in [0.3, 0.4) is 0 Å². The maximum Gasteiger partial charge on any atom is 0.336 e. The zero-order valence-corrected chi connectivity index (χ0v) is 14.7. The summed E-state index contributed by atoms with van der Waals surface area (Å²) in [5.74, 6) is -0.125. The maximum absolute atomic E-state index is 11.8. The van der Waals surface area contributed by atoms with Crippen molar-refractivity contribution in [3.8, 4) is 5.75 Å². The Morgan fingerprint density at radius 2 is 2.00 bits per heavy atom. The van der Waals surface area contributed by atoms with E-state index >= 15 is 0 Å². The lowest BCUT2D eigenvalue weighted by atomic mass is 10.1. The Morgan fingerprint density at radius 3 is 2.71 bits per heavy atom. The minimum absolute atomic E-state index is 0.0315. The highest BCUT2D eigenvalue weighted by Gasteiger charge is 2.06. The fourth-order valence-corrected chi connectivity index (χ4v) is 2.44. The molecule has 9 heteroatoms. The molecule has 0 fully saturated rings. The quantitative estimate of drug-likeness (QED) is 0.303. The van der Waals surface area contributed by atoms with Crippen LogP contribution in [0.5, 0.6) is 5.75 Å². The van der Waals surface area contributed by atoms with Gasteiger partial charge in [-0.25, -0.2) is 10.2 Å². The van der Waals surface area contributed by atoms with E-state index in [-0.39, 0.29) is 12.3 Å². The molecule has 142 valence electrons. The number of nitro groups is 1. The van der Waals surface area contributed by atoms with E-state index in [2.05, 4.69) is 10.5 Å². The highest BCUT2D eigenvalue weighted by molar-refractivity contribution is 5.83. The van der Waals surface area contributed by atoms with Crippen molar-refractivity contribution in [2.75, 3.05) is 6.61 Å². The highest BCUT2D eigenvalue weighted by atomic mass is 16.6. The van der Waals surface area contributed by atoms with Gasteiger partial charge in [-0.05, 0) is 42.3 Å². The van der Waals surface area contributed by atoms with E-state index in [1.807, 2.05) is 0 Å². The lowest BCUT2D eigenvalue weighted by Gasteiger charge is -2.06. The summed E-state index contributed by atoms with van der Waals surface area (Å²) in [6, 6.07) is 12.1. The second-order valence-electron chi connectivity index (χ2n) is 5.84. The Labute approximate surface area is 158 Å². The summed E-state index contributed by atoms with van der Waals surface area (Å²) in [4.78, 5) is 33.3. The average Bonchev–Trinajstić information content (AvgIpc) is 2.66. The summed E-state index contributed by atoms with van der Waals surface area (Å²) >= 11 is 0. The molecule has 28 heavy (non-hydrogen) atoms. The first-order chi connectivity index (χ1) is 13.4. The monoisotopic (exact) mass is 381 g/mol. The van der Waals surface area contributed by atoms with E-state index in [0.717, 1.165) is 10.9 Å². The number of hydrazone groups is 1. The van der Waals surface area contributed by atoms with Gasteiger partial charge in [0.2, 0.25) is 0 Å². The lowest BCUT2D eigenvalue weighted by Crippen LogP contribution is -2.24. The van der Waals surface area contributed by atoms with E-state index in [1.165, 1.54) is 42.6 Å². The molecule has 0 aliphatic carbocycles. The number of nitrogens with one attached hydrogen (secondary N) is 1. The van der Waals surface area contributed by atoms with Crippen molar-refractivity contribution < 1.29 is 18.9 Å². The SMILES string of the molecule is Cc1cc(=O)oc2cc(OCC(=O)N/N=C\c3ccc([N+](=O)[O-])cc3)ccc12. The Bertz CT molecular complexity index is 1120. The van der Waals surface area contributed by atoms with Crippen molar-refractivity contribution in [2.24, 2.45) is 5.10 Å². The third-order valence-corrected chi connectivity index (χ3v) is 3.80. The van der Waals surface area contributed by atoms with Crippen LogP contribution in [-0.2, 0) is 4.79 Å². The molecule has 0 saturated carbocycles. The van der Waals surface area contributed by atoms with Crippen molar-refractivity contribution in [1.29, 1.82) is 0 Å². The van der Waals surface area contributed by atoms with Gasteiger partial charge in [0.25, 0.3) is 11.6 Å². The molecule has 0 aliphatic heterocycles. The van der Waals surface area contributed by atoms with Crippen molar-refractivity contribution in [2.45, 2.75) is 6.92 Å². The first-order valence-corrected chi connectivity index (χ1v) is 8.16. The number of carbonyl (C=O) groups excluding carboxylic acids is 1. The van der Waals surface area contributed by atoms with Gasteiger partial charge in [-0.1, -0.05) is 0 Å². The van der Waals surface area contributed by atoms with Gasteiger partial charge in [0, 0.05) is 29.7 Å². The van der Waals surface area contributed by atoms with Crippen molar-refractivity contribution in [1.82, 2.24) is 5.43 Å². The number of rotatable bonds is 6. The number of nitro benzene ring substituents is 1. The second-order valence-corrected chi connectivity index (χ2v) is 5.84. The number of non-ortho nitro benzene ring substituents is 1. The third kappa shape index (κ3) is 4.58. The van der Waals surface area contributed by atoms with Crippen LogP contribution in [0.2, 0.25) is 0 Å². The zero-order valence-electron chi connectivity index (χ0n) is 14.7. The van der Waals surface area contributed by atoms with Crippen LogP contribution in [0.1, 0.15) is 11.1 Å². The Kier molecular flexibility index (Phi) is 5.45. The van der Waals surface area contributed by atoms with Crippen molar-refractivity contribution >= 4 is 28.8 Å². The van der Waals surface area contributed by atoms with Gasteiger partial charge in [0.1, 0.15) is 11.3 Å². The minimum Gasteiger partial charge on any atom is -0.484 e. The Balaban J connectivity index is 1.56. The van der Waals surface area contributed by atoms with Crippen LogP contribution in [-0.4, -0.2) is 23.7 Å². The molecule has 0 unspecified atom stereocenters. The van der Waals surface area contributed by atoms with Gasteiger partial charge >= 0.3 is 5.63 Å². The molecule has 1 N–H and O–H groups in total. The third-order valence-electron chi connectivity index (χ3n) is 3.80. The number of fused-ring (bicyclic) bond motifs is 1. The van der Waals surface area contributed by atoms with E-state index in [9.17, 15) is 19.7 Å². The van der Waals surface area contributed by atoms with E-state index < -0.39 is 16.5 Å². The normalized spacial score (nSPS) is 10.9. The van der Waals surface area contributed by atoms with Gasteiger partial charge < -0.3 is 9.15 Å². The molecular weight excluding hydrogens is 366 g/mol. The van der Waals surface area contributed by atoms with Crippen LogP contribution in [0.15, 0.2) is 62.8 Å². The molecule has 9 nitrogen and oxygen atoms in total. The summed E-state index contributed by atoms with van der Waals surface area (Å²) in [6.45, 7) is 1.51.